The Labute approximate surface area is 218 Å². The average Bonchev–Trinajstić information content (AvgIpc) is 2.93. The predicted molar refractivity (Wildman–Crippen MR) is 141 cm³/mol. The van der Waals surface area contributed by atoms with Gasteiger partial charge in [0.15, 0.2) is 23.0 Å². The first-order valence-electron chi connectivity index (χ1n) is 12.6. The molecule has 37 heavy (non-hydrogen) atoms. The number of hydrogen-bond acceptors (Lipinski definition) is 7. The molecule has 8 nitrogen and oxygen atoms in total. The highest BCUT2D eigenvalue weighted by molar-refractivity contribution is 5.92. The van der Waals surface area contributed by atoms with E-state index in [2.05, 4.69) is 0 Å². The topological polar surface area (TPSA) is 86.7 Å². The third-order valence-electron chi connectivity index (χ3n) is 7.71. The van der Waals surface area contributed by atoms with Crippen LogP contribution in [0.1, 0.15) is 49.3 Å². The van der Waals surface area contributed by atoms with Crippen LogP contribution in [0.4, 0.5) is 0 Å². The third kappa shape index (κ3) is 5.21. The summed E-state index contributed by atoms with van der Waals surface area (Å²) >= 11 is 0. The Bertz CT molecular complexity index is 1120. The Morgan fingerprint density at radius 2 is 1.57 bits per heavy atom. The first-order valence-corrected chi connectivity index (χ1v) is 12.6. The van der Waals surface area contributed by atoms with E-state index in [1.807, 2.05) is 23.1 Å². The Balaban J connectivity index is 1.69. The minimum atomic E-state index is -0.784. The second kappa shape index (κ2) is 11.3. The van der Waals surface area contributed by atoms with Crippen molar-refractivity contribution >= 4 is 12.0 Å². The highest BCUT2D eigenvalue weighted by Crippen LogP contribution is 2.50. The standard InChI is InChI=1S/C29H37NO7/c1-33-22-11-10-20(18-23(22)34-2)27-21-8-6-7-13-29(21,32)14-15-30(27)26(31)12-9-19-16-24(35-3)28(37-5)25(17-19)36-4/h9-12,16-18,21,27,32H,6-8,13-15H2,1-5H3/b12-9+/t21-,27-,29+/m0/s1. The van der Waals surface area contributed by atoms with Crippen molar-refractivity contribution in [2.75, 3.05) is 42.1 Å². The third-order valence-corrected chi connectivity index (χ3v) is 7.71. The SMILES string of the molecule is COc1ccc([C@H]2[C@@H]3CCCC[C@@]3(O)CCN2C(=O)/C=C/c2cc(OC)c(OC)c(OC)c2)cc1OC. The lowest BCUT2D eigenvalue weighted by Crippen LogP contribution is -2.56. The molecule has 8 heteroatoms. The molecule has 0 unspecified atom stereocenters. The molecule has 0 bridgehead atoms. The van der Waals surface area contributed by atoms with E-state index in [9.17, 15) is 9.90 Å². The highest BCUT2D eigenvalue weighted by Gasteiger charge is 2.50. The number of aliphatic hydroxyl groups is 1. The van der Waals surface area contributed by atoms with Gasteiger partial charge < -0.3 is 33.7 Å². The minimum absolute atomic E-state index is 0.0633. The molecule has 1 aliphatic carbocycles. The molecule has 1 amide bonds. The van der Waals surface area contributed by atoms with Crippen LogP contribution in [0.5, 0.6) is 28.7 Å². The van der Waals surface area contributed by atoms with Crippen molar-refractivity contribution in [3.05, 3.63) is 47.5 Å². The van der Waals surface area contributed by atoms with Crippen molar-refractivity contribution in [1.82, 2.24) is 4.90 Å². The Hall–Kier alpha value is -3.39. The smallest absolute Gasteiger partial charge is 0.247 e. The molecular weight excluding hydrogens is 474 g/mol. The fourth-order valence-corrected chi connectivity index (χ4v) is 5.84. The molecule has 200 valence electrons. The van der Waals surface area contributed by atoms with E-state index in [1.165, 1.54) is 0 Å². The molecule has 2 aliphatic rings. The quantitative estimate of drug-likeness (QED) is 0.517. The summed E-state index contributed by atoms with van der Waals surface area (Å²) < 4.78 is 27.3. The summed E-state index contributed by atoms with van der Waals surface area (Å²) in [5.74, 6) is 2.57. The molecule has 2 aromatic carbocycles. The Morgan fingerprint density at radius 3 is 2.19 bits per heavy atom. The van der Waals surface area contributed by atoms with Crippen molar-refractivity contribution in [1.29, 1.82) is 0 Å². The second-order valence-corrected chi connectivity index (χ2v) is 9.59. The number of methoxy groups -OCH3 is 5. The van der Waals surface area contributed by atoms with Crippen LogP contribution in [-0.4, -0.2) is 63.6 Å². The van der Waals surface area contributed by atoms with Gasteiger partial charge in [-0.2, -0.15) is 0 Å². The second-order valence-electron chi connectivity index (χ2n) is 9.59. The first-order chi connectivity index (χ1) is 17.9. The number of piperidine rings is 1. The number of hydrogen-bond donors (Lipinski definition) is 1. The van der Waals surface area contributed by atoms with Gasteiger partial charge in [0, 0.05) is 18.5 Å². The van der Waals surface area contributed by atoms with Crippen LogP contribution in [-0.2, 0) is 4.79 Å². The summed E-state index contributed by atoms with van der Waals surface area (Å²) in [5.41, 5.74) is 0.890. The minimum Gasteiger partial charge on any atom is -0.493 e. The molecule has 1 N–H and O–H groups in total. The Kier molecular flexibility index (Phi) is 8.17. The zero-order valence-electron chi connectivity index (χ0n) is 22.3. The molecular formula is C29H37NO7. The maximum atomic E-state index is 13.7. The van der Waals surface area contributed by atoms with Gasteiger partial charge in [-0.3, -0.25) is 4.79 Å². The number of rotatable bonds is 8. The number of likely N-dealkylation sites (tertiary alicyclic amines) is 1. The van der Waals surface area contributed by atoms with Crippen LogP contribution in [0.3, 0.4) is 0 Å². The normalized spacial score (nSPS) is 23.4. The van der Waals surface area contributed by atoms with Gasteiger partial charge in [0.25, 0.3) is 0 Å². The van der Waals surface area contributed by atoms with E-state index in [-0.39, 0.29) is 17.9 Å². The van der Waals surface area contributed by atoms with E-state index in [1.54, 1.807) is 59.8 Å². The van der Waals surface area contributed by atoms with Gasteiger partial charge in [0.1, 0.15) is 0 Å². The zero-order valence-corrected chi connectivity index (χ0v) is 22.3. The van der Waals surface area contributed by atoms with Gasteiger partial charge in [-0.05, 0) is 60.7 Å². The summed E-state index contributed by atoms with van der Waals surface area (Å²) in [6, 6.07) is 9.07. The molecule has 2 aromatic rings. The molecule has 1 heterocycles. The molecule has 1 aliphatic heterocycles. The van der Waals surface area contributed by atoms with Crippen molar-refractivity contribution in [2.45, 2.75) is 43.7 Å². The van der Waals surface area contributed by atoms with Crippen molar-refractivity contribution in [2.24, 2.45) is 5.92 Å². The summed E-state index contributed by atoms with van der Waals surface area (Å²) in [6.07, 6.45) is 7.52. The van der Waals surface area contributed by atoms with Gasteiger partial charge in [0.05, 0.1) is 47.2 Å². The van der Waals surface area contributed by atoms with Crippen LogP contribution in [0.2, 0.25) is 0 Å². The van der Waals surface area contributed by atoms with Crippen molar-refractivity contribution in [3.63, 3.8) is 0 Å². The molecule has 3 atom stereocenters. The summed E-state index contributed by atoms with van der Waals surface area (Å²) in [5, 5.41) is 11.6. The molecule has 1 saturated heterocycles. The zero-order chi connectivity index (χ0) is 26.6. The van der Waals surface area contributed by atoms with Crippen LogP contribution in [0, 0.1) is 5.92 Å². The lowest BCUT2D eigenvalue weighted by Gasteiger charge is -2.52. The maximum Gasteiger partial charge on any atom is 0.247 e. The number of carbonyl (C=O) groups excluding carboxylic acids is 1. The number of ether oxygens (including phenoxy) is 5. The number of nitrogens with zero attached hydrogens (tertiary/aromatic N) is 1. The number of benzene rings is 2. The Morgan fingerprint density at radius 1 is 0.892 bits per heavy atom. The number of amides is 1. The van der Waals surface area contributed by atoms with E-state index in [0.717, 1.165) is 36.8 Å². The van der Waals surface area contributed by atoms with Crippen molar-refractivity contribution < 1.29 is 33.6 Å². The van der Waals surface area contributed by atoms with Crippen LogP contribution < -0.4 is 23.7 Å². The monoisotopic (exact) mass is 511 g/mol. The fourth-order valence-electron chi connectivity index (χ4n) is 5.84. The van der Waals surface area contributed by atoms with Gasteiger partial charge in [-0.15, -0.1) is 0 Å². The molecule has 0 spiro atoms. The molecule has 0 radical (unpaired) electrons. The maximum absolute atomic E-state index is 13.7. The van der Waals surface area contributed by atoms with Gasteiger partial charge in [-0.1, -0.05) is 18.9 Å². The van der Waals surface area contributed by atoms with E-state index in [4.69, 9.17) is 23.7 Å². The summed E-state index contributed by atoms with van der Waals surface area (Å²) in [7, 11) is 7.87. The van der Waals surface area contributed by atoms with Crippen LogP contribution in [0.15, 0.2) is 36.4 Å². The summed E-state index contributed by atoms with van der Waals surface area (Å²) in [6.45, 7) is 0.463. The summed E-state index contributed by atoms with van der Waals surface area (Å²) in [4.78, 5) is 15.5. The van der Waals surface area contributed by atoms with E-state index in [0.29, 0.717) is 41.7 Å². The highest BCUT2D eigenvalue weighted by atomic mass is 16.5. The lowest BCUT2D eigenvalue weighted by molar-refractivity contribution is -0.150. The van der Waals surface area contributed by atoms with E-state index < -0.39 is 5.60 Å². The van der Waals surface area contributed by atoms with Gasteiger partial charge >= 0.3 is 0 Å². The van der Waals surface area contributed by atoms with Gasteiger partial charge in [-0.25, -0.2) is 0 Å². The molecule has 1 saturated carbocycles. The van der Waals surface area contributed by atoms with Crippen LogP contribution in [0.25, 0.3) is 6.08 Å². The van der Waals surface area contributed by atoms with E-state index >= 15 is 0 Å². The molecule has 0 aromatic heterocycles. The first kappa shape index (κ1) is 26.7. The van der Waals surface area contributed by atoms with Gasteiger partial charge in [0.2, 0.25) is 11.7 Å². The number of carbonyl (C=O) groups is 1. The molecule has 2 fully saturated rings. The molecule has 4 rings (SSSR count). The number of fused-ring (bicyclic) bond motifs is 1. The average molecular weight is 512 g/mol. The van der Waals surface area contributed by atoms with Crippen molar-refractivity contribution in [3.8, 4) is 28.7 Å². The predicted octanol–water partition coefficient (Wildman–Crippen LogP) is 4.64. The largest absolute Gasteiger partial charge is 0.493 e. The van der Waals surface area contributed by atoms with Crippen LogP contribution >= 0.6 is 0 Å². The fraction of sp³-hybridized carbons (Fsp3) is 0.483. The lowest BCUT2D eigenvalue weighted by atomic mass is 9.66.